The molecule has 96 valence electrons. The molecule has 0 aliphatic rings. The lowest BCUT2D eigenvalue weighted by atomic mass is 10.1. The summed E-state index contributed by atoms with van der Waals surface area (Å²) in [4.78, 5) is 16.2. The Morgan fingerprint density at radius 2 is 2.11 bits per heavy atom. The first kappa shape index (κ1) is 11.9. The molecule has 0 saturated carbocycles. The Bertz CT molecular complexity index is 708. The molecule has 0 aliphatic carbocycles. The standard InChI is InChI=1S/C13H11N3O2S/c1-7-5-9-11(6-8(7)2)19-13(15-9)16-12(17)10-3-4-14-18-10/h3-6H,1-2H3,(H,15,16,17). The van der Waals surface area contributed by atoms with Crippen LogP contribution in [0.5, 0.6) is 0 Å². The van der Waals surface area contributed by atoms with Crippen molar-refractivity contribution in [3.63, 3.8) is 0 Å². The number of thiazole rings is 1. The molecular weight excluding hydrogens is 262 g/mol. The average Bonchev–Trinajstić information content (AvgIpc) is 2.98. The van der Waals surface area contributed by atoms with Crippen LogP contribution >= 0.6 is 11.3 Å². The van der Waals surface area contributed by atoms with Crippen LogP contribution in [0.15, 0.2) is 28.9 Å². The van der Waals surface area contributed by atoms with E-state index in [1.165, 1.54) is 34.7 Å². The van der Waals surface area contributed by atoms with E-state index >= 15 is 0 Å². The summed E-state index contributed by atoms with van der Waals surface area (Å²) in [6.07, 6.45) is 1.43. The van der Waals surface area contributed by atoms with Gasteiger partial charge in [-0.3, -0.25) is 10.1 Å². The minimum atomic E-state index is -0.343. The Morgan fingerprint density at radius 1 is 1.32 bits per heavy atom. The third-order valence-electron chi connectivity index (χ3n) is 2.89. The summed E-state index contributed by atoms with van der Waals surface area (Å²) in [5, 5.41) is 6.76. The predicted molar refractivity (Wildman–Crippen MR) is 73.6 cm³/mol. The number of hydrogen-bond acceptors (Lipinski definition) is 5. The molecule has 0 bridgehead atoms. The van der Waals surface area contributed by atoms with Gasteiger partial charge in [-0.1, -0.05) is 16.5 Å². The third-order valence-corrected chi connectivity index (χ3v) is 3.82. The molecule has 0 fully saturated rings. The lowest BCUT2D eigenvalue weighted by Gasteiger charge is -1.96. The van der Waals surface area contributed by atoms with Gasteiger partial charge in [0, 0.05) is 6.07 Å². The number of fused-ring (bicyclic) bond motifs is 1. The van der Waals surface area contributed by atoms with Gasteiger partial charge in [0.2, 0.25) is 5.76 Å². The molecule has 0 saturated heterocycles. The molecule has 2 aromatic heterocycles. The van der Waals surface area contributed by atoms with E-state index in [1.807, 2.05) is 13.0 Å². The number of hydrogen-bond donors (Lipinski definition) is 1. The summed E-state index contributed by atoms with van der Waals surface area (Å²) in [6.45, 7) is 4.10. The van der Waals surface area contributed by atoms with Gasteiger partial charge in [-0.25, -0.2) is 4.98 Å². The normalized spacial score (nSPS) is 10.8. The van der Waals surface area contributed by atoms with Crippen LogP contribution in [0.1, 0.15) is 21.7 Å². The molecule has 1 aromatic carbocycles. The molecule has 2 heterocycles. The van der Waals surface area contributed by atoms with Gasteiger partial charge in [-0.05, 0) is 37.1 Å². The first-order valence-corrected chi connectivity index (χ1v) is 6.55. The van der Waals surface area contributed by atoms with Crippen molar-refractivity contribution in [2.24, 2.45) is 0 Å². The number of benzene rings is 1. The first-order valence-electron chi connectivity index (χ1n) is 5.73. The van der Waals surface area contributed by atoms with Crippen molar-refractivity contribution in [1.29, 1.82) is 0 Å². The lowest BCUT2D eigenvalue weighted by molar-refractivity contribution is 0.0988. The topological polar surface area (TPSA) is 68.0 Å². The summed E-state index contributed by atoms with van der Waals surface area (Å²) >= 11 is 1.44. The van der Waals surface area contributed by atoms with Crippen molar-refractivity contribution in [2.45, 2.75) is 13.8 Å². The Morgan fingerprint density at radius 3 is 2.84 bits per heavy atom. The number of aromatic nitrogens is 2. The van der Waals surface area contributed by atoms with E-state index in [1.54, 1.807) is 0 Å². The number of aryl methyl sites for hydroxylation is 2. The van der Waals surface area contributed by atoms with Crippen molar-refractivity contribution in [3.05, 3.63) is 41.3 Å². The molecule has 0 radical (unpaired) electrons. The summed E-state index contributed by atoms with van der Waals surface area (Å²) in [7, 11) is 0. The SMILES string of the molecule is Cc1cc2nc(NC(=O)c3ccno3)sc2cc1C. The van der Waals surface area contributed by atoms with E-state index in [9.17, 15) is 4.79 Å². The highest BCUT2D eigenvalue weighted by molar-refractivity contribution is 7.22. The summed E-state index contributed by atoms with van der Waals surface area (Å²) < 4.78 is 5.85. The van der Waals surface area contributed by atoms with E-state index in [0.29, 0.717) is 5.13 Å². The molecular formula is C13H11N3O2S. The second kappa shape index (κ2) is 4.47. The summed E-state index contributed by atoms with van der Waals surface area (Å²) in [5.41, 5.74) is 3.29. The van der Waals surface area contributed by atoms with Crippen LogP contribution in [0.2, 0.25) is 0 Å². The summed E-state index contributed by atoms with van der Waals surface area (Å²) in [6, 6.07) is 5.61. The number of nitrogens with zero attached hydrogens (tertiary/aromatic N) is 2. The predicted octanol–water partition coefficient (Wildman–Crippen LogP) is 3.15. The number of nitrogens with one attached hydrogen (secondary N) is 1. The summed E-state index contributed by atoms with van der Waals surface area (Å²) in [5.74, 6) is -0.170. The quantitative estimate of drug-likeness (QED) is 0.778. The van der Waals surface area contributed by atoms with Crippen LogP contribution in [0.3, 0.4) is 0 Å². The van der Waals surface area contributed by atoms with Crippen LogP contribution in [0.25, 0.3) is 10.2 Å². The zero-order valence-electron chi connectivity index (χ0n) is 10.4. The smallest absolute Gasteiger partial charge is 0.296 e. The van der Waals surface area contributed by atoms with Crippen molar-refractivity contribution >= 4 is 32.6 Å². The molecule has 3 aromatic rings. The maximum Gasteiger partial charge on any atom is 0.296 e. The molecule has 1 amide bonds. The van der Waals surface area contributed by atoms with E-state index in [2.05, 4.69) is 28.4 Å². The van der Waals surface area contributed by atoms with Gasteiger partial charge in [0.05, 0.1) is 16.4 Å². The Balaban J connectivity index is 1.92. The van der Waals surface area contributed by atoms with Crippen molar-refractivity contribution in [2.75, 3.05) is 5.32 Å². The second-order valence-corrected chi connectivity index (χ2v) is 5.28. The number of carbonyl (C=O) groups excluding carboxylic acids is 1. The van der Waals surface area contributed by atoms with Gasteiger partial charge in [0.1, 0.15) is 0 Å². The van der Waals surface area contributed by atoms with Crippen molar-refractivity contribution in [1.82, 2.24) is 10.1 Å². The van der Waals surface area contributed by atoms with E-state index in [4.69, 9.17) is 4.52 Å². The fraction of sp³-hybridized carbons (Fsp3) is 0.154. The molecule has 19 heavy (non-hydrogen) atoms. The van der Waals surface area contributed by atoms with Gasteiger partial charge in [-0.2, -0.15) is 0 Å². The molecule has 1 N–H and O–H groups in total. The van der Waals surface area contributed by atoms with Crippen LogP contribution in [-0.4, -0.2) is 16.0 Å². The average molecular weight is 273 g/mol. The maximum atomic E-state index is 11.8. The van der Waals surface area contributed by atoms with Gasteiger partial charge >= 0.3 is 0 Å². The maximum absolute atomic E-state index is 11.8. The number of amides is 1. The molecule has 0 spiro atoms. The van der Waals surface area contributed by atoms with Gasteiger partial charge in [0.25, 0.3) is 5.91 Å². The molecule has 6 heteroatoms. The van der Waals surface area contributed by atoms with Crippen LogP contribution in [-0.2, 0) is 0 Å². The highest BCUT2D eigenvalue weighted by Gasteiger charge is 2.13. The van der Waals surface area contributed by atoms with E-state index in [-0.39, 0.29) is 11.7 Å². The number of rotatable bonds is 2. The molecule has 0 aliphatic heterocycles. The zero-order chi connectivity index (χ0) is 13.4. The highest BCUT2D eigenvalue weighted by atomic mass is 32.1. The van der Waals surface area contributed by atoms with E-state index in [0.717, 1.165) is 10.2 Å². The van der Waals surface area contributed by atoms with Crippen LogP contribution in [0, 0.1) is 13.8 Å². The van der Waals surface area contributed by atoms with E-state index < -0.39 is 0 Å². The van der Waals surface area contributed by atoms with Gasteiger partial charge in [-0.15, -0.1) is 0 Å². The lowest BCUT2D eigenvalue weighted by Crippen LogP contribution is -2.10. The second-order valence-electron chi connectivity index (χ2n) is 4.25. The first-order chi connectivity index (χ1) is 9.13. The fourth-order valence-corrected chi connectivity index (χ4v) is 2.67. The molecule has 0 atom stereocenters. The Labute approximate surface area is 113 Å². The minimum absolute atomic E-state index is 0.173. The van der Waals surface area contributed by atoms with Crippen molar-refractivity contribution in [3.8, 4) is 0 Å². The Hall–Kier alpha value is -2.21. The zero-order valence-corrected chi connectivity index (χ0v) is 11.2. The number of anilines is 1. The van der Waals surface area contributed by atoms with Crippen LogP contribution in [0.4, 0.5) is 5.13 Å². The molecule has 3 rings (SSSR count). The van der Waals surface area contributed by atoms with Crippen molar-refractivity contribution < 1.29 is 9.32 Å². The molecule has 0 unspecified atom stereocenters. The number of carbonyl (C=O) groups is 1. The fourth-order valence-electron chi connectivity index (χ4n) is 1.73. The minimum Gasteiger partial charge on any atom is -0.351 e. The Kier molecular flexibility index (Phi) is 2.79. The molecule has 5 nitrogen and oxygen atoms in total. The largest absolute Gasteiger partial charge is 0.351 e. The highest BCUT2D eigenvalue weighted by Crippen LogP contribution is 2.28. The monoisotopic (exact) mass is 273 g/mol. The van der Waals surface area contributed by atoms with Crippen LogP contribution < -0.4 is 5.32 Å². The van der Waals surface area contributed by atoms with Gasteiger partial charge in [0.15, 0.2) is 5.13 Å². The van der Waals surface area contributed by atoms with Gasteiger partial charge < -0.3 is 4.52 Å². The third kappa shape index (κ3) is 2.22.